The fourth-order valence-corrected chi connectivity index (χ4v) is 2.74. The number of rotatable bonds is 4. The lowest BCUT2D eigenvalue weighted by molar-refractivity contribution is 0.291. The molecule has 20 heavy (non-hydrogen) atoms. The van der Waals surface area contributed by atoms with Gasteiger partial charge in [-0.25, -0.2) is 4.98 Å². The molecule has 0 spiro atoms. The quantitative estimate of drug-likeness (QED) is 0.849. The topological polar surface area (TPSA) is 25.4 Å². The Hall–Kier alpha value is -1.87. The van der Waals surface area contributed by atoms with Crippen LogP contribution in [-0.4, -0.2) is 23.5 Å². The largest absolute Gasteiger partial charge is 0.473 e. The van der Waals surface area contributed by atoms with Crippen molar-refractivity contribution < 1.29 is 4.74 Å². The SMILES string of the molecule is CN1CCC[C@H]1c1ccc(OCc2ccccc2)nc1. The summed E-state index contributed by atoms with van der Waals surface area (Å²) in [5.74, 6) is 0.693. The lowest BCUT2D eigenvalue weighted by atomic mass is 10.1. The number of hydrogen-bond donors (Lipinski definition) is 0. The number of ether oxygens (including phenoxy) is 1. The van der Waals surface area contributed by atoms with Crippen molar-refractivity contribution in [1.29, 1.82) is 0 Å². The summed E-state index contributed by atoms with van der Waals surface area (Å²) in [6.07, 6.45) is 4.45. The molecule has 0 bridgehead atoms. The van der Waals surface area contributed by atoms with E-state index < -0.39 is 0 Å². The molecule has 1 aliphatic heterocycles. The molecule has 1 saturated heterocycles. The molecule has 0 amide bonds. The van der Waals surface area contributed by atoms with Crippen LogP contribution in [0.15, 0.2) is 48.7 Å². The number of nitrogens with zero attached hydrogens (tertiary/aromatic N) is 2. The maximum atomic E-state index is 5.71. The van der Waals surface area contributed by atoms with Crippen molar-refractivity contribution in [3.8, 4) is 5.88 Å². The van der Waals surface area contributed by atoms with Crippen LogP contribution in [0.25, 0.3) is 0 Å². The summed E-state index contributed by atoms with van der Waals surface area (Å²) < 4.78 is 5.71. The Balaban J connectivity index is 1.61. The van der Waals surface area contributed by atoms with E-state index >= 15 is 0 Å². The maximum Gasteiger partial charge on any atom is 0.213 e. The highest BCUT2D eigenvalue weighted by Gasteiger charge is 2.22. The van der Waals surface area contributed by atoms with Crippen molar-refractivity contribution in [2.45, 2.75) is 25.5 Å². The fourth-order valence-electron chi connectivity index (χ4n) is 2.74. The van der Waals surface area contributed by atoms with Crippen molar-refractivity contribution in [3.63, 3.8) is 0 Å². The van der Waals surface area contributed by atoms with Crippen molar-refractivity contribution in [2.75, 3.05) is 13.6 Å². The van der Waals surface area contributed by atoms with E-state index in [0.717, 1.165) is 5.56 Å². The third-order valence-corrected chi connectivity index (χ3v) is 3.89. The molecule has 2 aromatic rings. The van der Waals surface area contributed by atoms with Crippen molar-refractivity contribution in [1.82, 2.24) is 9.88 Å². The van der Waals surface area contributed by atoms with Crippen LogP contribution in [0.5, 0.6) is 5.88 Å². The zero-order chi connectivity index (χ0) is 13.8. The first kappa shape index (κ1) is 13.1. The Morgan fingerprint density at radius 1 is 1.20 bits per heavy atom. The van der Waals surface area contributed by atoms with Crippen molar-refractivity contribution in [3.05, 3.63) is 59.8 Å². The first-order valence-corrected chi connectivity index (χ1v) is 7.16. The van der Waals surface area contributed by atoms with Gasteiger partial charge in [0.15, 0.2) is 0 Å². The summed E-state index contributed by atoms with van der Waals surface area (Å²) in [5.41, 5.74) is 2.45. The van der Waals surface area contributed by atoms with Gasteiger partial charge in [0.1, 0.15) is 6.61 Å². The second-order valence-electron chi connectivity index (χ2n) is 5.34. The average molecular weight is 268 g/mol. The first-order valence-electron chi connectivity index (χ1n) is 7.16. The zero-order valence-electron chi connectivity index (χ0n) is 11.8. The minimum Gasteiger partial charge on any atom is -0.473 e. The van der Waals surface area contributed by atoms with E-state index in [9.17, 15) is 0 Å². The normalized spacial score (nSPS) is 19.1. The molecule has 1 aromatic carbocycles. The highest BCUT2D eigenvalue weighted by atomic mass is 16.5. The molecular formula is C17H20N2O. The third-order valence-electron chi connectivity index (χ3n) is 3.89. The summed E-state index contributed by atoms with van der Waals surface area (Å²) >= 11 is 0. The molecule has 3 heteroatoms. The lowest BCUT2D eigenvalue weighted by Crippen LogP contribution is -2.17. The van der Waals surface area contributed by atoms with Crippen LogP contribution in [0.3, 0.4) is 0 Å². The van der Waals surface area contributed by atoms with E-state index in [2.05, 4.69) is 35.1 Å². The smallest absolute Gasteiger partial charge is 0.213 e. The van der Waals surface area contributed by atoms with E-state index in [1.54, 1.807) is 0 Å². The summed E-state index contributed by atoms with van der Waals surface area (Å²) in [4.78, 5) is 6.81. The first-order chi connectivity index (χ1) is 9.83. The van der Waals surface area contributed by atoms with Crippen LogP contribution < -0.4 is 4.74 Å². The van der Waals surface area contributed by atoms with Gasteiger partial charge >= 0.3 is 0 Å². The van der Waals surface area contributed by atoms with Gasteiger partial charge < -0.3 is 4.74 Å². The Kier molecular flexibility index (Phi) is 3.97. The van der Waals surface area contributed by atoms with Gasteiger partial charge in [0.25, 0.3) is 0 Å². The lowest BCUT2D eigenvalue weighted by Gasteiger charge is -2.19. The van der Waals surface area contributed by atoms with Gasteiger partial charge in [-0.05, 0) is 37.6 Å². The van der Waals surface area contributed by atoms with Gasteiger partial charge in [0.05, 0.1) is 0 Å². The number of benzene rings is 1. The zero-order valence-corrected chi connectivity index (χ0v) is 11.8. The summed E-state index contributed by atoms with van der Waals surface area (Å²) in [7, 11) is 2.18. The van der Waals surface area contributed by atoms with Crippen LogP contribution in [-0.2, 0) is 6.61 Å². The van der Waals surface area contributed by atoms with Gasteiger partial charge in [0.2, 0.25) is 5.88 Å². The van der Waals surface area contributed by atoms with Crippen molar-refractivity contribution >= 4 is 0 Å². The van der Waals surface area contributed by atoms with Crippen LogP contribution in [0.4, 0.5) is 0 Å². The van der Waals surface area contributed by atoms with E-state index in [-0.39, 0.29) is 0 Å². The summed E-state index contributed by atoms with van der Waals surface area (Å²) in [5, 5.41) is 0. The second kappa shape index (κ2) is 6.06. The molecule has 0 aliphatic carbocycles. The molecule has 3 rings (SSSR count). The van der Waals surface area contributed by atoms with E-state index in [4.69, 9.17) is 4.74 Å². The molecule has 1 fully saturated rings. The third kappa shape index (κ3) is 2.99. The number of hydrogen-bond acceptors (Lipinski definition) is 3. The molecule has 1 aliphatic rings. The highest BCUT2D eigenvalue weighted by molar-refractivity contribution is 5.22. The maximum absolute atomic E-state index is 5.71. The second-order valence-corrected chi connectivity index (χ2v) is 5.34. The number of aromatic nitrogens is 1. The van der Waals surface area contributed by atoms with Crippen LogP contribution in [0.2, 0.25) is 0 Å². The molecule has 0 saturated carbocycles. The molecule has 0 unspecified atom stereocenters. The molecule has 1 aromatic heterocycles. The Morgan fingerprint density at radius 2 is 2.05 bits per heavy atom. The predicted molar refractivity (Wildman–Crippen MR) is 79.6 cm³/mol. The number of pyridine rings is 1. The van der Waals surface area contributed by atoms with Crippen LogP contribution in [0.1, 0.15) is 30.0 Å². The Morgan fingerprint density at radius 3 is 2.70 bits per heavy atom. The fraction of sp³-hybridized carbons (Fsp3) is 0.353. The summed E-state index contributed by atoms with van der Waals surface area (Å²) in [6.45, 7) is 1.74. The minimum absolute atomic E-state index is 0.519. The van der Waals surface area contributed by atoms with E-state index in [0.29, 0.717) is 18.5 Å². The van der Waals surface area contributed by atoms with E-state index in [1.807, 2.05) is 30.5 Å². The average Bonchev–Trinajstić information content (AvgIpc) is 2.93. The highest BCUT2D eigenvalue weighted by Crippen LogP contribution is 2.30. The molecule has 0 N–H and O–H groups in total. The molecule has 104 valence electrons. The minimum atomic E-state index is 0.519. The van der Waals surface area contributed by atoms with Gasteiger partial charge in [-0.1, -0.05) is 36.4 Å². The van der Waals surface area contributed by atoms with Gasteiger partial charge in [-0.15, -0.1) is 0 Å². The summed E-state index contributed by atoms with van der Waals surface area (Å²) in [6, 6.07) is 14.8. The molecule has 1 atom stereocenters. The van der Waals surface area contributed by atoms with Crippen molar-refractivity contribution in [2.24, 2.45) is 0 Å². The van der Waals surface area contributed by atoms with Gasteiger partial charge in [-0.3, -0.25) is 4.90 Å². The molecule has 2 heterocycles. The molecule has 0 radical (unpaired) electrons. The van der Waals surface area contributed by atoms with Gasteiger partial charge in [0, 0.05) is 18.3 Å². The van der Waals surface area contributed by atoms with E-state index in [1.165, 1.54) is 24.9 Å². The standard InChI is InChI=1S/C17H20N2O/c1-19-11-5-8-16(19)15-9-10-17(18-12-15)20-13-14-6-3-2-4-7-14/h2-4,6-7,9-10,12,16H,5,8,11,13H2,1H3/t16-/m0/s1. The van der Waals surface area contributed by atoms with Crippen LogP contribution in [0, 0.1) is 0 Å². The Labute approximate surface area is 120 Å². The predicted octanol–water partition coefficient (Wildman–Crippen LogP) is 3.43. The Bertz CT molecular complexity index is 539. The molecule has 3 nitrogen and oxygen atoms in total. The number of likely N-dealkylation sites (tertiary alicyclic amines) is 1. The molecular weight excluding hydrogens is 248 g/mol. The monoisotopic (exact) mass is 268 g/mol. The van der Waals surface area contributed by atoms with Gasteiger partial charge in [-0.2, -0.15) is 0 Å². The van der Waals surface area contributed by atoms with Crippen LogP contribution >= 0.6 is 0 Å².